The van der Waals surface area contributed by atoms with Crippen LogP contribution in [0, 0.1) is 11.8 Å². The summed E-state index contributed by atoms with van der Waals surface area (Å²) in [6.07, 6.45) is 4.36. The first-order valence-corrected chi connectivity index (χ1v) is 10.2. The Balaban J connectivity index is 1.74. The van der Waals surface area contributed by atoms with Crippen LogP contribution >= 0.6 is 11.6 Å². The number of halogens is 1. The lowest BCUT2D eigenvalue weighted by atomic mass is 10.1. The van der Waals surface area contributed by atoms with Gasteiger partial charge in [-0.05, 0) is 42.9 Å². The molecular weight excluding hydrogens is 350 g/mol. The Bertz CT molecular complexity index is 669. The van der Waals surface area contributed by atoms with Crippen molar-refractivity contribution in [2.24, 2.45) is 11.8 Å². The zero-order chi connectivity index (χ0) is 17.2. The van der Waals surface area contributed by atoms with Crippen LogP contribution in [-0.2, 0) is 14.8 Å². The average molecular weight is 374 g/mol. The zero-order valence-electron chi connectivity index (χ0n) is 13.9. The van der Waals surface area contributed by atoms with Crippen molar-refractivity contribution in [3.05, 3.63) is 23.2 Å². The van der Waals surface area contributed by atoms with Crippen molar-refractivity contribution in [2.75, 3.05) is 33.4 Å². The first-order chi connectivity index (χ1) is 11.5. The molecule has 3 rings (SSSR count). The minimum absolute atomic E-state index is 0.146. The summed E-state index contributed by atoms with van der Waals surface area (Å²) in [5.74, 6) is 1.36. The average Bonchev–Trinajstić information content (AvgIpc) is 3.23. The third-order valence-corrected chi connectivity index (χ3v) is 6.69. The molecule has 1 aromatic rings. The van der Waals surface area contributed by atoms with Gasteiger partial charge in [0.05, 0.1) is 13.2 Å². The van der Waals surface area contributed by atoms with E-state index < -0.39 is 10.0 Å². The molecule has 1 aliphatic carbocycles. The number of hydrogen-bond acceptors (Lipinski definition) is 4. The SMILES string of the molecule is CN(CC1CCOC1)S(=O)(=O)c1cc(Cl)ccc1OCCC1CC1. The second-order valence-electron chi connectivity index (χ2n) is 6.69. The van der Waals surface area contributed by atoms with Gasteiger partial charge >= 0.3 is 0 Å². The van der Waals surface area contributed by atoms with Crippen LogP contribution in [0.15, 0.2) is 23.1 Å². The third-order valence-electron chi connectivity index (χ3n) is 4.61. The van der Waals surface area contributed by atoms with Crippen molar-refractivity contribution < 1.29 is 17.9 Å². The van der Waals surface area contributed by atoms with Crippen LogP contribution < -0.4 is 4.74 Å². The molecule has 2 fully saturated rings. The van der Waals surface area contributed by atoms with Gasteiger partial charge in [0.15, 0.2) is 0 Å². The summed E-state index contributed by atoms with van der Waals surface area (Å²) in [7, 11) is -2.05. The molecular formula is C17H24ClNO4S. The predicted molar refractivity (Wildman–Crippen MR) is 93.0 cm³/mol. The minimum atomic E-state index is -3.65. The van der Waals surface area contributed by atoms with E-state index in [-0.39, 0.29) is 10.8 Å². The molecule has 1 aliphatic heterocycles. The lowest BCUT2D eigenvalue weighted by Gasteiger charge is -2.22. The van der Waals surface area contributed by atoms with E-state index in [0.717, 1.165) is 18.8 Å². The van der Waals surface area contributed by atoms with Crippen molar-refractivity contribution in [1.29, 1.82) is 0 Å². The molecule has 1 saturated heterocycles. The molecule has 7 heteroatoms. The van der Waals surface area contributed by atoms with Gasteiger partial charge in [0.1, 0.15) is 10.6 Å². The molecule has 1 heterocycles. The number of rotatable bonds is 8. The normalized spacial score (nSPS) is 21.4. The largest absolute Gasteiger partial charge is 0.492 e. The fourth-order valence-corrected chi connectivity index (χ4v) is 4.54. The molecule has 1 saturated carbocycles. The Morgan fingerprint density at radius 2 is 2.08 bits per heavy atom. The van der Waals surface area contributed by atoms with E-state index in [1.54, 1.807) is 19.2 Å². The number of hydrogen-bond donors (Lipinski definition) is 0. The summed E-state index contributed by atoms with van der Waals surface area (Å²) in [6, 6.07) is 4.79. The molecule has 0 bridgehead atoms. The Morgan fingerprint density at radius 3 is 2.75 bits per heavy atom. The summed E-state index contributed by atoms with van der Waals surface area (Å²) in [4.78, 5) is 0.146. The second-order valence-corrected chi connectivity index (χ2v) is 9.14. The van der Waals surface area contributed by atoms with Crippen molar-refractivity contribution in [3.8, 4) is 5.75 Å². The van der Waals surface area contributed by atoms with Crippen LogP contribution in [0.3, 0.4) is 0 Å². The van der Waals surface area contributed by atoms with E-state index in [1.807, 2.05) is 0 Å². The van der Waals surface area contributed by atoms with Crippen LogP contribution in [0.1, 0.15) is 25.7 Å². The summed E-state index contributed by atoms with van der Waals surface area (Å²) in [5.41, 5.74) is 0. The molecule has 2 aliphatic rings. The highest BCUT2D eigenvalue weighted by Crippen LogP contribution is 2.34. The Morgan fingerprint density at radius 1 is 1.29 bits per heavy atom. The molecule has 0 aromatic heterocycles. The molecule has 0 spiro atoms. The van der Waals surface area contributed by atoms with Gasteiger partial charge in [-0.15, -0.1) is 0 Å². The smallest absolute Gasteiger partial charge is 0.246 e. The van der Waals surface area contributed by atoms with E-state index in [0.29, 0.717) is 37.1 Å². The van der Waals surface area contributed by atoms with Crippen LogP contribution in [-0.4, -0.2) is 46.1 Å². The monoisotopic (exact) mass is 373 g/mol. The second kappa shape index (κ2) is 7.60. The van der Waals surface area contributed by atoms with Crippen molar-refractivity contribution in [3.63, 3.8) is 0 Å². The van der Waals surface area contributed by atoms with E-state index in [2.05, 4.69) is 0 Å². The van der Waals surface area contributed by atoms with Crippen molar-refractivity contribution in [1.82, 2.24) is 4.31 Å². The van der Waals surface area contributed by atoms with Crippen molar-refractivity contribution >= 4 is 21.6 Å². The minimum Gasteiger partial charge on any atom is -0.492 e. The highest BCUT2D eigenvalue weighted by molar-refractivity contribution is 7.89. The quantitative estimate of drug-likeness (QED) is 0.702. The first-order valence-electron chi connectivity index (χ1n) is 8.43. The van der Waals surface area contributed by atoms with Gasteiger partial charge in [-0.25, -0.2) is 12.7 Å². The van der Waals surface area contributed by atoms with Crippen LogP contribution in [0.4, 0.5) is 0 Å². The summed E-state index contributed by atoms with van der Waals surface area (Å²) in [5, 5.41) is 0.390. The van der Waals surface area contributed by atoms with Gasteiger partial charge in [0.2, 0.25) is 10.0 Å². The topological polar surface area (TPSA) is 55.8 Å². The summed E-state index contributed by atoms with van der Waals surface area (Å²) < 4.78 is 38.4. The van der Waals surface area contributed by atoms with Gasteiger partial charge in [-0.3, -0.25) is 0 Å². The summed E-state index contributed by atoms with van der Waals surface area (Å²) in [6.45, 7) is 2.29. The van der Waals surface area contributed by atoms with Gasteiger partial charge in [-0.2, -0.15) is 0 Å². The molecule has 1 unspecified atom stereocenters. The molecule has 0 radical (unpaired) electrons. The fraction of sp³-hybridized carbons (Fsp3) is 0.647. The maximum absolute atomic E-state index is 12.9. The van der Waals surface area contributed by atoms with Gasteiger partial charge in [0.25, 0.3) is 0 Å². The zero-order valence-corrected chi connectivity index (χ0v) is 15.5. The molecule has 0 N–H and O–H groups in total. The molecule has 5 nitrogen and oxygen atoms in total. The number of nitrogens with zero attached hydrogens (tertiary/aromatic N) is 1. The van der Waals surface area contributed by atoms with Crippen LogP contribution in [0.5, 0.6) is 5.75 Å². The molecule has 0 amide bonds. The maximum atomic E-state index is 12.9. The number of ether oxygens (including phenoxy) is 2. The van der Waals surface area contributed by atoms with E-state index in [4.69, 9.17) is 21.1 Å². The lowest BCUT2D eigenvalue weighted by Crippen LogP contribution is -2.32. The highest BCUT2D eigenvalue weighted by Gasteiger charge is 2.29. The van der Waals surface area contributed by atoms with Crippen molar-refractivity contribution in [2.45, 2.75) is 30.6 Å². The first kappa shape index (κ1) is 18.0. The van der Waals surface area contributed by atoms with E-state index in [1.165, 1.54) is 23.2 Å². The number of benzene rings is 1. The molecule has 24 heavy (non-hydrogen) atoms. The van der Waals surface area contributed by atoms with Crippen LogP contribution in [0.25, 0.3) is 0 Å². The van der Waals surface area contributed by atoms with Gasteiger partial charge in [0, 0.05) is 25.2 Å². The summed E-state index contributed by atoms with van der Waals surface area (Å²) >= 11 is 6.03. The van der Waals surface area contributed by atoms with E-state index >= 15 is 0 Å². The Kier molecular flexibility index (Phi) is 5.70. The Labute approximate surface area is 148 Å². The molecule has 1 atom stereocenters. The lowest BCUT2D eigenvalue weighted by molar-refractivity contribution is 0.182. The van der Waals surface area contributed by atoms with Gasteiger partial charge in [-0.1, -0.05) is 24.4 Å². The predicted octanol–water partition coefficient (Wildman–Crippen LogP) is 3.18. The third kappa shape index (κ3) is 4.42. The van der Waals surface area contributed by atoms with Crippen LogP contribution in [0.2, 0.25) is 5.02 Å². The highest BCUT2D eigenvalue weighted by atomic mass is 35.5. The molecule has 1 aromatic carbocycles. The fourth-order valence-electron chi connectivity index (χ4n) is 2.90. The standard InChI is InChI=1S/C17H24ClNO4S/c1-19(11-14-6-8-22-12-14)24(20,21)17-10-15(18)4-5-16(17)23-9-7-13-2-3-13/h4-5,10,13-14H,2-3,6-9,11-12H2,1H3. The maximum Gasteiger partial charge on any atom is 0.246 e. The Hall–Kier alpha value is -0.820. The molecule has 134 valence electrons. The van der Waals surface area contributed by atoms with E-state index in [9.17, 15) is 8.42 Å². The van der Waals surface area contributed by atoms with Gasteiger partial charge < -0.3 is 9.47 Å². The number of sulfonamides is 1.